The van der Waals surface area contributed by atoms with Crippen molar-refractivity contribution in [3.8, 4) is 0 Å². The lowest BCUT2D eigenvalue weighted by Crippen LogP contribution is -2.43. The molecule has 0 radical (unpaired) electrons. The monoisotopic (exact) mass is 472 g/mol. The molecule has 0 aliphatic carbocycles. The zero-order valence-corrected chi connectivity index (χ0v) is 17.9. The Balaban J connectivity index is 1.60. The molecule has 0 spiro atoms. The van der Waals surface area contributed by atoms with Gasteiger partial charge < -0.3 is 14.2 Å². The molecule has 170 valence electrons. The number of alkyl halides is 2. The summed E-state index contributed by atoms with van der Waals surface area (Å²) in [7, 11) is 0. The molecule has 1 unspecified atom stereocenters. The molecular weight excluding hydrogens is 454 g/mol. The molecule has 0 saturated carbocycles. The van der Waals surface area contributed by atoms with E-state index in [1.165, 1.54) is 42.7 Å². The normalized spacial score (nSPS) is 21.3. The molecule has 0 N–H and O–H groups in total. The van der Waals surface area contributed by atoms with Crippen molar-refractivity contribution in [1.29, 1.82) is 0 Å². The first-order chi connectivity index (χ1) is 15.9. The summed E-state index contributed by atoms with van der Waals surface area (Å²) < 4.78 is 47.7. The van der Waals surface area contributed by atoms with E-state index in [2.05, 4.69) is 4.98 Å². The SMILES string of the molecule is O=C(OC[C@H]1OC(n2cccnc2=S)C(F)(F)[C@@H]1OC(=O)c1ccccc1)c1ccccc1. The largest absolute Gasteiger partial charge is 0.459 e. The van der Waals surface area contributed by atoms with Gasteiger partial charge in [-0.3, -0.25) is 4.57 Å². The fraction of sp³-hybridized carbons (Fsp3) is 0.217. The highest BCUT2D eigenvalue weighted by atomic mass is 32.1. The third-order valence-electron chi connectivity index (χ3n) is 4.97. The summed E-state index contributed by atoms with van der Waals surface area (Å²) in [6, 6.07) is 17.2. The molecule has 1 aliphatic rings. The first-order valence-corrected chi connectivity index (χ1v) is 10.3. The first kappa shape index (κ1) is 22.7. The number of ether oxygens (including phenoxy) is 3. The van der Waals surface area contributed by atoms with Crippen LogP contribution < -0.4 is 0 Å². The first-order valence-electron chi connectivity index (χ1n) is 9.92. The Morgan fingerprint density at radius 2 is 1.61 bits per heavy atom. The van der Waals surface area contributed by atoms with Crippen LogP contribution in [0.2, 0.25) is 0 Å². The van der Waals surface area contributed by atoms with Gasteiger partial charge in [0, 0.05) is 12.4 Å². The molecule has 2 aromatic carbocycles. The zero-order valence-electron chi connectivity index (χ0n) is 17.0. The maximum absolute atomic E-state index is 15.5. The molecule has 0 bridgehead atoms. The fourth-order valence-corrected chi connectivity index (χ4v) is 3.59. The van der Waals surface area contributed by atoms with Crippen molar-refractivity contribution >= 4 is 24.2 Å². The molecule has 1 aromatic heterocycles. The predicted octanol–water partition coefficient (Wildman–Crippen LogP) is 4.23. The zero-order chi connectivity index (χ0) is 23.4. The van der Waals surface area contributed by atoms with Gasteiger partial charge in [-0.1, -0.05) is 36.4 Å². The third kappa shape index (κ3) is 4.81. The lowest BCUT2D eigenvalue weighted by atomic mass is 10.1. The fourth-order valence-electron chi connectivity index (χ4n) is 3.37. The van der Waals surface area contributed by atoms with Crippen LogP contribution in [0.5, 0.6) is 0 Å². The number of halogens is 2. The number of nitrogens with zero attached hydrogens (tertiary/aromatic N) is 2. The quantitative estimate of drug-likeness (QED) is 0.392. The van der Waals surface area contributed by atoms with E-state index in [0.29, 0.717) is 0 Å². The molecule has 2 heterocycles. The van der Waals surface area contributed by atoms with E-state index < -0.39 is 42.9 Å². The van der Waals surface area contributed by atoms with Gasteiger partial charge in [-0.05, 0) is 42.5 Å². The number of hydrogen-bond donors (Lipinski definition) is 0. The second-order valence-electron chi connectivity index (χ2n) is 7.17. The number of aromatic nitrogens is 2. The molecular formula is C23H18F2N2O5S. The summed E-state index contributed by atoms with van der Waals surface area (Å²) >= 11 is 5.05. The van der Waals surface area contributed by atoms with Crippen molar-refractivity contribution in [2.75, 3.05) is 6.61 Å². The van der Waals surface area contributed by atoms with Crippen LogP contribution in [0.1, 0.15) is 26.9 Å². The van der Waals surface area contributed by atoms with Crippen molar-refractivity contribution in [2.45, 2.75) is 24.4 Å². The van der Waals surface area contributed by atoms with Crippen LogP contribution in [0.25, 0.3) is 0 Å². The van der Waals surface area contributed by atoms with E-state index in [4.69, 9.17) is 26.4 Å². The molecule has 7 nitrogen and oxygen atoms in total. The average molecular weight is 472 g/mol. The Morgan fingerprint density at radius 1 is 1.00 bits per heavy atom. The van der Waals surface area contributed by atoms with Gasteiger partial charge in [0.25, 0.3) is 0 Å². The molecule has 4 rings (SSSR count). The lowest BCUT2D eigenvalue weighted by molar-refractivity contribution is -0.142. The van der Waals surface area contributed by atoms with Crippen LogP contribution >= 0.6 is 12.2 Å². The average Bonchev–Trinajstić information content (AvgIpc) is 3.08. The third-order valence-corrected chi connectivity index (χ3v) is 5.29. The summed E-state index contributed by atoms with van der Waals surface area (Å²) in [5.74, 6) is -5.38. The Bertz CT molecular complexity index is 1190. The van der Waals surface area contributed by atoms with Crippen molar-refractivity contribution in [3.05, 3.63) is 95.0 Å². The van der Waals surface area contributed by atoms with E-state index in [-0.39, 0.29) is 15.9 Å². The molecule has 1 fully saturated rings. The highest BCUT2D eigenvalue weighted by Crippen LogP contribution is 2.44. The number of benzene rings is 2. The topological polar surface area (TPSA) is 79.7 Å². The summed E-state index contributed by atoms with van der Waals surface area (Å²) in [4.78, 5) is 28.7. The second kappa shape index (κ2) is 9.55. The number of carbonyl (C=O) groups excluding carboxylic acids is 2. The number of rotatable bonds is 6. The van der Waals surface area contributed by atoms with Gasteiger partial charge in [0.15, 0.2) is 6.10 Å². The van der Waals surface area contributed by atoms with E-state index in [1.807, 2.05) is 0 Å². The van der Waals surface area contributed by atoms with Crippen molar-refractivity contribution in [2.24, 2.45) is 0 Å². The molecule has 33 heavy (non-hydrogen) atoms. The standard InChI is InChI=1S/C23H18F2N2O5S/c24-23(25)18(32-20(29)16-10-5-2-6-11-16)17(14-30-19(28)15-8-3-1-4-9-15)31-21(23)27-13-7-12-26-22(27)33/h1-13,17-18,21H,14H2/t17-,18-,21?/m1/s1. The van der Waals surface area contributed by atoms with E-state index in [1.54, 1.807) is 36.4 Å². The number of hydrogen-bond acceptors (Lipinski definition) is 7. The Hall–Kier alpha value is -3.50. The van der Waals surface area contributed by atoms with Gasteiger partial charge >= 0.3 is 17.9 Å². The van der Waals surface area contributed by atoms with Crippen molar-refractivity contribution in [3.63, 3.8) is 0 Å². The molecule has 3 atom stereocenters. The van der Waals surface area contributed by atoms with Gasteiger partial charge in [-0.2, -0.15) is 8.78 Å². The van der Waals surface area contributed by atoms with Crippen LogP contribution in [0, 0.1) is 4.77 Å². The van der Waals surface area contributed by atoms with Crippen LogP contribution in [0.15, 0.2) is 79.1 Å². The maximum Gasteiger partial charge on any atom is 0.338 e. The van der Waals surface area contributed by atoms with Crippen LogP contribution in [0.3, 0.4) is 0 Å². The summed E-state index contributed by atoms with van der Waals surface area (Å²) in [6.45, 7) is -0.569. The lowest BCUT2D eigenvalue weighted by Gasteiger charge is -2.24. The van der Waals surface area contributed by atoms with Gasteiger partial charge in [0.2, 0.25) is 11.0 Å². The smallest absolute Gasteiger partial charge is 0.338 e. The highest BCUT2D eigenvalue weighted by Gasteiger charge is 2.62. The van der Waals surface area contributed by atoms with E-state index in [0.717, 1.165) is 4.57 Å². The highest BCUT2D eigenvalue weighted by molar-refractivity contribution is 7.71. The Labute approximate surface area is 192 Å². The van der Waals surface area contributed by atoms with Gasteiger partial charge in [0.1, 0.15) is 12.7 Å². The minimum absolute atomic E-state index is 0.0924. The molecule has 3 aromatic rings. The summed E-state index contributed by atoms with van der Waals surface area (Å²) in [5.41, 5.74) is 0.334. The molecule has 1 saturated heterocycles. The van der Waals surface area contributed by atoms with E-state index in [9.17, 15) is 9.59 Å². The summed E-state index contributed by atoms with van der Waals surface area (Å²) in [5, 5.41) is 0. The van der Waals surface area contributed by atoms with Gasteiger partial charge in [-0.25, -0.2) is 14.6 Å². The number of esters is 2. The Morgan fingerprint density at radius 3 is 2.21 bits per heavy atom. The van der Waals surface area contributed by atoms with Crippen LogP contribution in [-0.4, -0.2) is 46.2 Å². The Kier molecular flexibility index (Phi) is 6.57. The second-order valence-corrected chi connectivity index (χ2v) is 7.53. The molecule has 0 amide bonds. The summed E-state index contributed by atoms with van der Waals surface area (Å²) in [6.07, 6.45) is -2.75. The predicted molar refractivity (Wildman–Crippen MR) is 114 cm³/mol. The van der Waals surface area contributed by atoms with Gasteiger partial charge in [0.05, 0.1) is 11.1 Å². The van der Waals surface area contributed by atoms with Crippen molar-refractivity contribution in [1.82, 2.24) is 9.55 Å². The van der Waals surface area contributed by atoms with Crippen LogP contribution in [0.4, 0.5) is 8.78 Å². The maximum atomic E-state index is 15.5. The minimum atomic E-state index is -3.70. The number of carbonyl (C=O) groups is 2. The van der Waals surface area contributed by atoms with Crippen molar-refractivity contribution < 1.29 is 32.6 Å². The van der Waals surface area contributed by atoms with Crippen LogP contribution in [-0.2, 0) is 14.2 Å². The van der Waals surface area contributed by atoms with E-state index >= 15 is 8.78 Å². The minimum Gasteiger partial charge on any atom is -0.459 e. The molecule has 10 heteroatoms. The molecule has 1 aliphatic heterocycles. The van der Waals surface area contributed by atoms with Gasteiger partial charge in [-0.15, -0.1) is 0 Å².